The van der Waals surface area contributed by atoms with E-state index < -0.39 is 28.5 Å². The third kappa shape index (κ3) is 8.81. The van der Waals surface area contributed by atoms with Crippen molar-refractivity contribution in [3.05, 3.63) is 124 Å². The Bertz CT molecular complexity index is 1700. The Labute approximate surface area is 280 Å². The lowest BCUT2D eigenvalue weighted by molar-refractivity contribution is -0.140. The van der Waals surface area contributed by atoms with E-state index in [0.717, 1.165) is 22.7 Å². The average Bonchev–Trinajstić information content (AvgIpc) is 3.07. The lowest BCUT2D eigenvalue weighted by atomic mass is 10.0. The Morgan fingerprint density at radius 3 is 2.13 bits per heavy atom. The minimum atomic E-state index is -4.24. The quantitative estimate of drug-likeness (QED) is 0.140. The number of nitrogens with zero attached hydrogens (tertiary/aromatic N) is 2. The number of carbonyl (C=O) groups excluding carboxylic acids is 2. The van der Waals surface area contributed by atoms with E-state index >= 15 is 0 Å². The smallest absolute Gasteiger partial charge is 0.264 e. The van der Waals surface area contributed by atoms with E-state index in [1.807, 2.05) is 37.3 Å². The molecule has 0 aliphatic rings. The highest BCUT2D eigenvalue weighted by molar-refractivity contribution is 7.92. The van der Waals surface area contributed by atoms with Crippen LogP contribution in [-0.4, -0.2) is 51.4 Å². The van der Waals surface area contributed by atoms with Gasteiger partial charge in [-0.1, -0.05) is 97.2 Å². The number of methoxy groups -OCH3 is 1. The number of amides is 2. The van der Waals surface area contributed by atoms with Crippen LogP contribution in [0.5, 0.6) is 5.75 Å². The molecule has 4 aromatic carbocycles. The summed E-state index contributed by atoms with van der Waals surface area (Å²) in [5.41, 5.74) is 1.49. The van der Waals surface area contributed by atoms with Crippen LogP contribution in [-0.2, 0) is 32.6 Å². The van der Waals surface area contributed by atoms with Crippen molar-refractivity contribution >= 4 is 50.7 Å². The number of hydrogen-bond acceptors (Lipinski definition) is 5. The number of ether oxygens (including phenoxy) is 1. The fourth-order valence-electron chi connectivity index (χ4n) is 4.93. The van der Waals surface area contributed by atoms with Crippen molar-refractivity contribution in [2.45, 2.75) is 43.7 Å². The topological polar surface area (TPSA) is 96.0 Å². The fourth-order valence-corrected chi connectivity index (χ4v) is 6.87. The van der Waals surface area contributed by atoms with Crippen molar-refractivity contribution in [1.29, 1.82) is 0 Å². The summed E-state index contributed by atoms with van der Waals surface area (Å²) in [6, 6.07) is 27.6. The number of rotatable bonds is 15. The lowest BCUT2D eigenvalue weighted by Gasteiger charge is -2.34. The monoisotopic (exact) mass is 681 g/mol. The molecule has 1 N–H and O–H groups in total. The SMILES string of the molecule is CCCCNC(=O)[C@@H](Cc1ccccc1)N(Cc1c(Cl)cccc1Cl)C(=O)CN(c1cccc(OC)c1)S(=O)(=O)c1ccccc1. The first-order chi connectivity index (χ1) is 22.1. The zero-order valence-electron chi connectivity index (χ0n) is 25.7. The Kier molecular flexibility index (Phi) is 12.5. The Morgan fingerprint density at radius 1 is 0.870 bits per heavy atom. The first-order valence-corrected chi connectivity index (χ1v) is 17.1. The Hall–Kier alpha value is -4.05. The van der Waals surface area contributed by atoms with Crippen LogP contribution in [0.1, 0.15) is 30.9 Å². The third-order valence-electron chi connectivity index (χ3n) is 7.44. The van der Waals surface area contributed by atoms with Crippen molar-refractivity contribution in [3.8, 4) is 5.75 Å². The van der Waals surface area contributed by atoms with Crippen LogP contribution in [0.4, 0.5) is 5.69 Å². The van der Waals surface area contributed by atoms with Gasteiger partial charge in [-0.15, -0.1) is 0 Å². The normalized spacial score (nSPS) is 11.8. The second-order valence-electron chi connectivity index (χ2n) is 10.6. The molecule has 46 heavy (non-hydrogen) atoms. The molecule has 0 radical (unpaired) electrons. The van der Waals surface area contributed by atoms with Crippen LogP contribution in [0.15, 0.2) is 108 Å². The maximum atomic E-state index is 14.6. The number of anilines is 1. The molecule has 4 aromatic rings. The van der Waals surface area contributed by atoms with E-state index in [1.54, 1.807) is 60.7 Å². The summed E-state index contributed by atoms with van der Waals surface area (Å²) >= 11 is 13.1. The first-order valence-electron chi connectivity index (χ1n) is 14.9. The number of sulfonamides is 1. The zero-order chi connectivity index (χ0) is 33.1. The summed E-state index contributed by atoms with van der Waals surface area (Å²) in [4.78, 5) is 29.8. The predicted molar refractivity (Wildman–Crippen MR) is 183 cm³/mol. The molecule has 0 saturated heterocycles. The molecule has 0 heterocycles. The van der Waals surface area contributed by atoms with Crippen molar-refractivity contribution in [2.24, 2.45) is 0 Å². The van der Waals surface area contributed by atoms with Crippen LogP contribution in [0.2, 0.25) is 10.0 Å². The molecular formula is C35H37Cl2N3O5S. The second-order valence-corrected chi connectivity index (χ2v) is 13.3. The van der Waals surface area contributed by atoms with E-state index in [-0.39, 0.29) is 29.5 Å². The minimum Gasteiger partial charge on any atom is -0.497 e. The van der Waals surface area contributed by atoms with E-state index in [2.05, 4.69) is 5.32 Å². The summed E-state index contributed by atoms with van der Waals surface area (Å²) in [5, 5.41) is 3.60. The highest BCUT2D eigenvalue weighted by atomic mass is 35.5. The van der Waals surface area contributed by atoms with Gasteiger partial charge in [0.2, 0.25) is 11.8 Å². The highest BCUT2D eigenvalue weighted by Gasteiger charge is 2.35. The van der Waals surface area contributed by atoms with Crippen LogP contribution in [0.3, 0.4) is 0 Å². The molecule has 0 spiro atoms. The van der Waals surface area contributed by atoms with Gasteiger partial charge >= 0.3 is 0 Å². The third-order valence-corrected chi connectivity index (χ3v) is 9.94. The molecule has 1 atom stereocenters. The molecule has 242 valence electrons. The molecule has 0 saturated carbocycles. The Balaban J connectivity index is 1.83. The summed E-state index contributed by atoms with van der Waals surface area (Å²) in [6.07, 6.45) is 1.80. The number of halogens is 2. The maximum Gasteiger partial charge on any atom is 0.264 e. The van der Waals surface area contributed by atoms with Gasteiger partial charge in [0.1, 0.15) is 18.3 Å². The predicted octanol–water partition coefficient (Wildman–Crippen LogP) is 6.75. The van der Waals surface area contributed by atoms with Crippen LogP contribution >= 0.6 is 23.2 Å². The van der Waals surface area contributed by atoms with E-state index in [1.165, 1.54) is 24.1 Å². The standard InChI is InChI=1S/C35H37Cl2N3O5S/c1-3-4-21-38-35(42)33(22-26-13-7-5-8-14-26)39(24-30-31(36)19-12-20-32(30)37)34(41)25-40(27-15-11-16-28(23-27)45-2)46(43,44)29-17-9-6-10-18-29/h5-20,23,33H,3-4,21-22,24-25H2,1-2H3,(H,38,42)/t33-/m1/s1. The molecule has 0 bridgehead atoms. The molecule has 11 heteroatoms. The number of hydrogen-bond donors (Lipinski definition) is 1. The molecule has 0 aliphatic carbocycles. The first kappa shape index (κ1) is 34.8. The van der Waals surface area contributed by atoms with Crippen LogP contribution in [0.25, 0.3) is 0 Å². The van der Waals surface area contributed by atoms with E-state index in [9.17, 15) is 18.0 Å². The molecule has 0 aromatic heterocycles. The summed E-state index contributed by atoms with van der Waals surface area (Å²) in [5.74, 6) is -0.576. The fraction of sp³-hybridized carbons (Fsp3) is 0.257. The van der Waals surface area contributed by atoms with Gasteiger partial charge in [-0.25, -0.2) is 8.42 Å². The Morgan fingerprint density at radius 2 is 1.50 bits per heavy atom. The number of nitrogens with one attached hydrogen (secondary N) is 1. The molecule has 2 amide bonds. The molecule has 0 unspecified atom stereocenters. The van der Waals surface area contributed by atoms with Gasteiger partial charge in [0.15, 0.2) is 0 Å². The highest BCUT2D eigenvalue weighted by Crippen LogP contribution is 2.30. The average molecular weight is 683 g/mol. The van der Waals surface area contributed by atoms with Gasteiger partial charge in [-0.2, -0.15) is 0 Å². The molecular weight excluding hydrogens is 645 g/mol. The van der Waals surface area contributed by atoms with Crippen LogP contribution in [0, 0.1) is 0 Å². The number of carbonyl (C=O) groups is 2. The maximum absolute atomic E-state index is 14.6. The van der Waals surface area contributed by atoms with Gasteiger partial charge in [0.05, 0.1) is 17.7 Å². The van der Waals surface area contributed by atoms with Gasteiger partial charge in [-0.05, 0) is 48.4 Å². The van der Waals surface area contributed by atoms with Crippen molar-refractivity contribution < 1.29 is 22.7 Å². The van der Waals surface area contributed by atoms with Gasteiger partial charge in [-0.3, -0.25) is 13.9 Å². The molecule has 0 aliphatic heterocycles. The van der Waals surface area contributed by atoms with Crippen molar-refractivity contribution in [1.82, 2.24) is 10.2 Å². The van der Waals surface area contributed by atoms with Gasteiger partial charge in [0, 0.05) is 41.2 Å². The molecule has 4 rings (SSSR count). The van der Waals surface area contributed by atoms with Crippen LogP contribution < -0.4 is 14.4 Å². The summed E-state index contributed by atoms with van der Waals surface area (Å²) in [6.45, 7) is 1.70. The van der Waals surface area contributed by atoms with E-state index in [0.29, 0.717) is 27.9 Å². The van der Waals surface area contributed by atoms with Gasteiger partial charge < -0.3 is 15.0 Å². The lowest BCUT2D eigenvalue weighted by Crippen LogP contribution is -2.53. The minimum absolute atomic E-state index is 0.00413. The molecule has 8 nitrogen and oxygen atoms in total. The number of unbranched alkanes of at least 4 members (excludes halogenated alkanes) is 1. The second kappa shape index (κ2) is 16.5. The van der Waals surface area contributed by atoms with Crippen molar-refractivity contribution in [2.75, 3.05) is 24.5 Å². The van der Waals surface area contributed by atoms with E-state index in [4.69, 9.17) is 27.9 Å². The molecule has 0 fully saturated rings. The van der Waals surface area contributed by atoms with Gasteiger partial charge in [0.25, 0.3) is 10.0 Å². The van der Waals surface area contributed by atoms with Crippen molar-refractivity contribution in [3.63, 3.8) is 0 Å². The summed E-state index contributed by atoms with van der Waals surface area (Å²) in [7, 11) is -2.77. The largest absolute Gasteiger partial charge is 0.497 e. The summed E-state index contributed by atoms with van der Waals surface area (Å²) < 4.78 is 34.6. The zero-order valence-corrected chi connectivity index (χ0v) is 28.1. The number of benzene rings is 4.